The summed E-state index contributed by atoms with van der Waals surface area (Å²) in [5.74, 6) is 1.08. The Bertz CT molecular complexity index is 336. The Morgan fingerprint density at radius 3 is 2.39 bits per heavy atom. The minimum atomic E-state index is 0. The van der Waals surface area contributed by atoms with Gasteiger partial charge in [-0.1, -0.05) is 13.8 Å². The highest BCUT2D eigenvalue weighted by Gasteiger charge is 2.27. The van der Waals surface area contributed by atoms with Crippen molar-refractivity contribution in [3.63, 3.8) is 0 Å². The zero-order chi connectivity index (χ0) is 16.6. The lowest BCUT2D eigenvalue weighted by Gasteiger charge is -2.27. The molecule has 138 valence electrons. The van der Waals surface area contributed by atoms with Crippen molar-refractivity contribution in [3.05, 3.63) is 0 Å². The lowest BCUT2D eigenvalue weighted by molar-refractivity contribution is 0.223. The van der Waals surface area contributed by atoms with Crippen LogP contribution in [-0.2, 0) is 0 Å². The molecule has 0 aromatic carbocycles. The van der Waals surface area contributed by atoms with Gasteiger partial charge in [0.05, 0.1) is 6.54 Å². The molecular weight excluding hydrogens is 401 g/mol. The predicted octanol–water partition coefficient (Wildman–Crippen LogP) is 2.37. The Kier molecular flexibility index (Phi) is 11.4. The fourth-order valence-corrected chi connectivity index (χ4v) is 2.99. The van der Waals surface area contributed by atoms with Crippen molar-refractivity contribution in [2.24, 2.45) is 4.99 Å². The highest BCUT2D eigenvalue weighted by molar-refractivity contribution is 14.0. The van der Waals surface area contributed by atoms with Gasteiger partial charge < -0.3 is 15.5 Å². The molecule has 1 atom stereocenters. The lowest BCUT2D eigenvalue weighted by atomic mass is 10.1. The number of likely N-dealkylation sites (N-methyl/N-ethyl adjacent to an activating group) is 1. The second-order valence-electron chi connectivity index (χ2n) is 7.02. The fourth-order valence-electron chi connectivity index (χ4n) is 2.99. The van der Waals surface area contributed by atoms with Gasteiger partial charge in [0.1, 0.15) is 0 Å². The topological polar surface area (TPSA) is 42.9 Å². The minimum Gasteiger partial charge on any atom is -0.357 e. The molecule has 23 heavy (non-hydrogen) atoms. The molecule has 2 N–H and O–H groups in total. The summed E-state index contributed by atoms with van der Waals surface area (Å²) < 4.78 is 0. The van der Waals surface area contributed by atoms with Crippen LogP contribution in [0.15, 0.2) is 4.99 Å². The van der Waals surface area contributed by atoms with Gasteiger partial charge in [0, 0.05) is 37.8 Å². The number of likely N-dealkylation sites (tertiary alicyclic amines) is 1. The van der Waals surface area contributed by atoms with E-state index < -0.39 is 0 Å². The largest absolute Gasteiger partial charge is 0.357 e. The van der Waals surface area contributed by atoms with Crippen molar-refractivity contribution in [2.75, 3.05) is 45.8 Å². The third kappa shape index (κ3) is 8.54. The first-order valence-corrected chi connectivity index (χ1v) is 8.93. The summed E-state index contributed by atoms with van der Waals surface area (Å²) in [7, 11) is 0. The zero-order valence-electron chi connectivity index (χ0n) is 16.0. The number of hydrogen-bond donors (Lipinski definition) is 2. The molecule has 0 aromatic rings. The number of nitrogens with one attached hydrogen (secondary N) is 2. The fraction of sp³-hybridized carbons (Fsp3) is 0.941. The molecule has 0 radical (unpaired) electrons. The average molecular weight is 439 g/mol. The van der Waals surface area contributed by atoms with Crippen LogP contribution in [0, 0.1) is 0 Å². The normalized spacial score (nSPS) is 19.2. The van der Waals surface area contributed by atoms with Crippen molar-refractivity contribution < 1.29 is 0 Å². The summed E-state index contributed by atoms with van der Waals surface area (Å²) in [6, 6.07) is 0.673. The van der Waals surface area contributed by atoms with Crippen molar-refractivity contribution in [1.82, 2.24) is 20.4 Å². The number of guanidine groups is 1. The van der Waals surface area contributed by atoms with Crippen LogP contribution < -0.4 is 10.6 Å². The Balaban J connectivity index is 0.00000484. The lowest BCUT2D eigenvalue weighted by Crippen LogP contribution is -2.44. The van der Waals surface area contributed by atoms with Crippen LogP contribution >= 0.6 is 24.0 Å². The highest BCUT2D eigenvalue weighted by atomic mass is 127. The van der Waals surface area contributed by atoms with Crippen LogP contribution in [0.1, 0.15) is 48.0 Å². The molecule has 0 amide bonds. The van der Waals surface area contributed by atoms with Gasteiger partial charge in [-0.15, -0.1) is 24.0 Å². The van der Waals surface area contributed by atoms with E-state index in [1.807, 2.05) is 0 Å². The van der Waals surface area contributed by atoms with Crippen molar-refractivity contribution in [3.8, 4) is 0 Å². The van der Waals surface area contributed by atoms with Gasteiger partial charge in [0.2, 0.25) is 0 Å². The van der Waals surface area contributed by atoms with E-state index in [0.29, 0.717) is 6.04 Å². The van der Waals surface area contributed by atoms with E-state index in [-0.39, 0.29) is 29.5 Å². The molecule has 1 unspecified atom stereocenters. The van der Waals surface area contributed by atoms with Crippen LogP contribution in [0.5, 0.6) is 0 Å². The second kappa shape index (κ2) is 11.5. The summed E-state index contributed by atoms with van der Waals surface area (Å²) in [4.78, 5) is 9.77. The Morgan fingerprint density at radius 2 is 1.87 bits per heavy atom. The molecule has 0 saturated carbocycles. The van der Waals surface area contributed by atoms with Crippen LogP contribution in [0.3, 0.4) is 0 Å². The van der Waals surface area contributed by atoms with Crippen LogP contribution in [-0.4, -0.2) is 73.2 Å². The van der Waals surface area contributed by atoms with E-state index in [2.05, 4.69) is 62.0 Å². The third-order valence-electron chi connectivity index (χ3n) is 4.16. The van der Waals surface area contributed by atoms with E-state index in [0.717, 1.165) is 51.8 Å². The molecule has 6 heteroatoms. The molecule has 0 aromatic heterocycles. The van der Waals surface area contributed by atoms with Crippen molar-refractivity contribution in [2.45, 2.75) is 59.5 Å². The van der Waals surface area contributed by atoms with Gasteiger partial charge in [0.15, 0.2) is 5.96 Å². The van der Waals surface area contributed by atoms with Crippen LogP contribution in [0.2, 0.25) is 0 Å². The second-order valence-corrected chi connectivity index (χ2v) is 7.02. The maximum Gasteiger partial charge on any atom is 0.194 e. The summed E-state index contributed by atoms with van der Waals surface area (Å²) in [6.07, 6.45) is 1.24. The number of aliphatic imine (C=N–C) groups is 1. The Morgan fingerprint density at radius 1 is 1.22 bits per heavy atom. The van der Waals surface area contributed by atoms with E-state index in [4.69, 9.17) is 4.99 Å². The average Bonchev–Trinajstić information content (AvgIpc) is 2.92. The van der Waals surface area contributed by atoms with Crippen LogP contribution in [0.25, 0.3) is 0 Å². The van der Waals surface area contributed by atoms with E-state index in [1.54, 1.807) is 0 Å². The molecule has 0 bridgehead atoms. The van der Waals surface area contributed by atoms with Gasteiger partial charge in [-0.05, 0) is 47.2 Å². The molecule has 1 saturated heterocycles. The summed E-state index contributed by atoms with van der Waals surface area (Å²) in [5.41, 5.74) is 0.162. The molecular formula is C17H38IN5. The van der Waals surface area contributed by atoms with Gasteiger partial charge >= 0.3 is 0 Å². The zero-order valence-corrected chi connectivity index (χ0v) is 18.3. The Hall–Kier alpha value is -0.0800. The maximum atomic E-state index is 4.79. The molecule has 1 aliphatic heterocycles. The molecule has 1 heterocycles. The molecule has 5 nitrogen and oxygen atoms in total. The van der Waals surface area contributed by atoms with E-state index in [1.165, 1.54) is 6.42 Å². The highest BCUT2D eigenvalue weighted by Crippen LogP contribution is 2.15. The van der Waals surface area contributed by atoms with E-state index in [9.17, 15) is 0 Å². The SMILES string of the molecule is CCNC(=NCCNC(C)(C)C)N1CCC(N(CC)CC)C1.I. The smallest absolute Gasteiger partial charge is 0.194 e. The van der Waals surface area contributed by atoms with E-state index >= 15 is 0 Å². The predicted molar refractivity (Wildman–Crippen MR) is 112 cm³/mol. The van der Waals surface area contributed by atoms with Crippen molar-refractivity contribution in [1.29, 1.82) is 0 Å². The first-order chi connectivity index (χ1) is 10.4. The molecule has 0 spiro atoms. The van der Waals surface area contributed by atoms with Gasteiger partial charge in [-0.3, -0.25) is 9.89 Å². The first-order valence-electron chi connectivity index (χ1n) is 8.93. The molecule has 1 fully saturated rings. The molecule has 1 rings (SSSR count). The quantitative estimate of drug-likeness (QED) is 0.277. The summed E-state index contributed by atoms with van der Waals surface area (Å²) in [6.45, 7) is 20.4. The summed E-state index contributed by atoms with van der Waals surface area (Å²) >= 11 is 0. The molecule has 0 aliphatic carbocycles. The maximum absolute atomic E-state index is 4.79. The molecule has 1 aliphatic rings. The van der Waals surface area contributed by atoms with Gasteiger partial charge in [-0.2, -0.15) is 0 Å². The number of nitrogens with zero attached hydrogens (tertiary/aromatic N) is 3. The minimum absolute atomic E-state index is 0. The van der Waals surface area contributed by atoms with Crippen LogP contribution in [0.4, 0.5) is 0 Å². The van der Waals surface area contributed by atoms with Gasteiger partial charge in [-0.25, -0.2) is 0 Å². The van der Waals surface area contributed by atoms with Crippen molar-refractivity contribution >= 4 is 29.9 Å². The third-order valence-corrected chi connectivity index (χ3v) is 4.16. The number of hydrogen-bond acceptors (Lipinski definition) is 3. The Labute approximate surface area is 160 Å². The monoisotopic (exact) mass is 439 g/mol. The standard InChI is InChI=1S/C17H37N5.HI/c1-7-18-16(19-11-12-20-17(4,5)6)22-13-10-15(14-22)21(8-2)9-3;/h15,20H,7-14H2,1-6H3,(H,18,19);1H. The number of halogens is 1. The summed E-state index contributed by atoms with van der Waals surface area (Å²) in [5, 5.41) is 6.94. The van der Waals surface area contributed by atoms with Gasteiger partial charge in [0.25, 0.3) is 0 Å². The number of rotatable bonds is 7. The first kappa shape index (κ1) is 22.9.